The van der Waals surface area contributed by atoms with E-state index in [4.69, 9.17) is 5.11 Å². The van der Waals surface area contributed by atoms with Crippen LogP contribution in [0, 0.1) is 0 Å². The van der Waals surface area contributed by atoms with Crippen LogP contribution in [0.2, 0.25) is 0 Å². The molecule has 8 heavy (non-hydrogen) atoms. The molecule has 1 aliphatic rings. The highest BCUT2D eigenvalue weighted by Gasteiger charge is 2.23. The summed E-state index contributed by atoms with van der Waals surface area (Å²) in [4.78, 5) is 1.99. The Balaban J connectivity index is 2.12. The molecular weight excluding hydrogens is 102 g/mol. The van der Waals surface area contributed by atoms with Gasteiger partial charge in [0, 0.05) is 19.5 Å². The van der Waals surface area contributed by atoms with E-state index in [1.807, 2.05) is 4.90 Å². The molecule has 0 bridgehead atoms. The third kappa shape index (κ3) is 1.32. The van der Waals surface area contributed by atoms with E-state index in [-0.39, 0.29) is 6.23 Å². The van der Waals surface area contributed by atoms with Gasteiger partial charge in [0.15, 0.2) is 0 Å². The van der Waals surface area contributed by atoms with Crippen LogP contribution in [0.3, 0.4) is 0 Å². The summed E-state index contributed by atoms with van der Waals surface area (Å²) < 4.78 is 0. The second-order valence-electron chi connectivity index (χ2n) is 2.04. The van der Waals surface area contributed by atoms with Crippen LogP contribution in [0.25, 0.3) is 0 Å². The van der Waals surface area contributed by atoms with Crippen molar-refractivity contribution in [2.75, 3.05) is 13.1 Å². The molecule has 2 nitrogen and oxygen atoms in total. The molecule has 1 rings (SSSR count). The lowest BCUT2D eigenvalue weighted by Crippen LogP contribution is -2.15. The fraction of sp³-hybridized carbons (Fsp3) is 0.667. The molecule has 1 atom stereocenters. The van der Waals surface area contributed by atoms with Crippen LogP contribution in [0.15, 0.2) is 12.7 Å². The second kappa shape index (κ2) is 2.29. The van der Waals surface area contributed by atoms with Gasteiger partial charge in [0.1, 0.15) is 6.23 Å². The smallest absolute Gasteiger partial charge is 0.110 e. The summed E-state index contributed by atoms with van der Waals surface area (Å²) in [6.07, 6.45) is 2.18. The van der Waals surface area contributed by atoms with Crippen LogP contribution in [-0.2, 0) is 0 Å². The van der Waals surface area contributed by atoms with Crippen molar-refractivity contribution in [1.29, 1.82) is 0 Å². The molecule has 0 aromatic heterocycles. The largest absolute Gasteiger partial charge is 0.378 e. The van der Waals surface area contributed by atoms with Crippen molar-refractivity contribution in [2.45, 2.75) is 12.6 Å². The third-order valence-corrected chi connectivity index (χ3v) is 1.28. The minimum atomic E-state index is -0.257. The number of nitrogens with zero attached hydrogens (tertiary/aromatic N) is 1. The minimum absolute atomic E-state index is 0.257. The average Bonchev–Trinajstić information content (AvgIpc) is 2.45. The zero-order valence-corrected chi connectivity index (χ0v) is 4.88. The molecule has 1 heterocycles. The van der Waals surface area contributed by atoms with Gasteiger partial charge in [-0.15, -0.1) is 6.58 Å². The van der Waals surface area contributed by atoms with Gasteiger partial charge in [-0.05, 0) is 0 Å². The molecule has 46 valence electrons. The predicted octanol–water partition coefficient (Wildman–Crippen LogP) is 0.196. The van der Waals surface area contributed by atoms with Gasteiger partial charge in [0.2, 0.25) is 0 Å². The molecule has 1 unspecified atom stereocenters. The lowest BCUT2D eigenvalue weighted by atomic mass is 10.4. The Labute approximate surface area is 49.4 Å². The van der Waals surface area contributed by atoms with E-state index in [0.717, 1.165) is 13.1 Å². The fourth-order valence-electron chi connectivity index (χ4n) is 0.654. The van der Waals surface area contributed by atoms with Crippen LogP contribution in [-0.4, -0.2) is 29.3 Å². The quantitative estimate of drug-likeness (QED) is 0.417. The molecule has 0 radical (unpaired) electrons. The van der Waals surface area contributed by atoms with Crippen molar-refractivity contribution in [2.24, 2.45) is 0 Å². The predicted molar refractivity (Wildman–Crippen MR) is 32.4 cm³/mol. The lowest BCUT2D eigenvalue weighted by molar-refractivity contribution is 0.0838. The van der Waals surface area contributed by atoms with E-state index in [1.165, 1.54) is 0 Å². The van der Waals surface area contributed by atoms with Crippen molar-refractivity contribution in [3.8, 4) is 0 Å². The first-order chi connectivity index (χ1) is 3.84. The van der Waals surface area contributed by atoms with Crippen LogP contribution >= 0.6 is 0 Å². The summed E-state index contributed by atoms with van der Waals surface area (Å²) in [6.45, 7) is 5.63. The molecule has 0 aliphatic carbocycles. The SMILES string of the molecule is C=CCC(O)N1CC1. The molecule has 0 aromatic carbocycles. The Bertz CT molecular complexity index is 88.5. The van der Waals surface area contributed by atoms with Crippen LogP contribution in [0.4, 0.5) is 0 Å². The van der Waals surface area contributed by atoms with Gasteiger partial charge < -0.3 is 5.11 Å². The van der Waals surface area contributed by atoms with Gasteiger partial charge in [0.05, 0.1) is 0 Å². The molecule has 0 aromatic rings. The van der Waals surface area contributed by atoms with E-state index in [9.17, 15) is 0 Å². The molecule has 1 N–H and O–H groups in total. The summed E-state index contributed by atoms with van der Waals surface area (Å²) in [5.74, 6) is 0. The van der Waals surface area contributed by atoms with Gasteiger partial charge in [0.25, 0.3) is 0 Å². The maximum atomic E-state index is 9.04. The van der Waals surface area contributed by atoms with Crippen molar-refractivity contribution in [3.63, 3.8) is 0 Å². The summed E-state index contributed by atoms with van der Waals surface area (Å²) in [6, 6.07) is 0. The topological polar surface area (TPSA) is 23.2 Å². The third-order valence-electron chi connectivity index (χ3n) is 1.28. The maximum Gasteiger partial charge on any atom is 0.110 e. The Morgan fingerprint density at radius 2 is 2.38 bits per heavy atom. The summed E-state index contributed by atoms with van der Waals surface area (Å²) in [5, 5.41) is 9.04. The summed E-state index contributed by atoms with van der Waals surface area (Å²) >= 11 is 0. The Morgan fingerprint density at radius 1 is 1.75 bits per heavy atom. The van der Waals surface area contributed by atoms with Gasteiger partial charge in [-0.2, -0.15) is 0 Å². The first-order valence-corrected chi connectivity index (χ1v) is 2.87. The number of rotatable bonds is 3. The molecule has 0 saturated carbocycles. The van der Waals surface area contributed by atoms with E-state index >= 15 is 0 Å². The summed E-state index contributed by atoms with van der Waals surface area (Å²) in [5.41, 5.74) is 0. The number of aliphatic hydroxyl groups excluding tert-OH is 1. The Morgan fingerprint density at radius 3 is 2.75 bits per heavy atom. The highest BCUT2D eigenvalue weighted by atomic mass is 16.3. The van der Waals surface area contributed by atoms with E-state index in [0.29, 0.717) is 6.42 Å². The van der Waals surface area contributed by atoms with Gasteiger partial charge in [-0.1, -0.05) is 6.08 Å². The van der Waals surface area contributed by atoms with E-state index < -0.39 is 0 Å². The Hall–Kier alpha value is -0.340. The molecule has 0 amide bonds. The number of hydrogen-bond acceptors (Lipinski definition) is 2. The van der Waals surface area contributed by atoms with Gasteiger partial charge in [-0.3, -0.25) is 4.90 Å². The molecule has 1 saturated heterocycles. The highest BCUT2D eigenvalue weighted by Crippen LogP contribution is 2.10. The number of aliphatic hydroxyl groups is 1. The lowest BCUT2D eigenvalue weighted by Gasteiger charge is -2.05. The molecule has 1 fully saturated rings. The standard InChI is InChI=1S/C6H11NO/c1-2-3-6(8)7-4-5-7/h2,6,8H,1,3-5H2. The zero-order chi connectivity index (χ0) is 5.98. The molecule has 2 heteroatoms. The highest BCUT2D eigenvalue weighted by molar-refractivity contribution is 4.80. The molecule has 1 aliphatic heterocycles. The van der Waals surface area contributed by atoms with E-state index in [2.05, 4.69) is 6.58 Å². The maximum absolute atomic E-state index is 9.04. The first-order valence-electron chi connectivity index (χ1n) is 2.87. The van der Waals surface area contributed by atoms with Crippen molar-refractivity contribution >= 4 is 0 Å². The fourth-order valence-corrected chi connectivity index (χ4v) is 0.654. The van der Waals surface area contributed by atoms with Crippen LogP contribution in [0.1, 0.15) is 6.42 Å². The monoisotopic (exact) mass is 113 g/mol. The van der Waals surface area contributed by atoms with Crippen molar-refractivity contribution < 1.29 is 5.11 Å². The number of hydrogen-bond donors (Lipinski definition) is 1. The van der Waals surface area contributed by atoms with Crippen LogP contribution in [0.5, 0.6) is 0 Å². The van der Waals surface area contributed by atoms with Crippen LogP contribution < -0.4 is 0 Å². The Kier molecular flexibility index (Phi) is 1.65. The van der Waals surface area contributed by atoms with Gasteiger partial charge >= 0.3 is 0 Å². The average molecular weight is 113 g/mol. The van der Waals surface area contributed by atoms with Gasteiger partial charge in [-0.25, -0.2) is 0 Å². The molecular formula is C6H11NO. The normalized spacial score (nSPS) is 22.6. The first kappa shape index (κ1) is 5.79. The van der Waals surface area contributed by atoms with Crippen molar-refractivity contribution in [1.82, 2.24) is 4.90 Å². The molecule has 0 spiro atoms. The van der Waals surface area contributed by atoms with E-state index in [1.54, 1.807) is 6.08 Å². The summed E-state index contributed by atoms with van der Waals surface area (Å²) in [7, 11) is 0. The minimum Gasteiger partial charge on any atom is -0.378 e. The zero-order valence-electron chi connectivity index (χ0n) is 4.88. The second-order valence-corrected chi connectivity index (χ2v) is 2.04. The van der Waals surface area contributed by atoms with Crippen molar-refractivity contribution in [3.05, 3.63) is 12.7 Å².